The summed E-state index contributed by atoms with van der Waals surface area (Å²) in [6, 6.07) is 7.68. The van der Waals surface area contributed by atoms with E-state index in [1.165, 1.54) is 7.11 Å². The van der Waals surface area contributed by atoms with Crippen LogP contribution in [0.1, 0.15) is 18.4 Å². The van der Waals surface area contributed by atoms with Crippen LogP contribution in [-0.2, 0) is 9.53 Å². The lowest BCUT2D eigenvalue weighted by molar-refractivity contribution is -0.149. The van der Waals surface area contributed by atoms with Gasteiger partial charge in [0.25, 0.3) is 0 Å². The number of hydrogen-bond acceptors (Lipinski definition) is 4. The Morgan fingerprint density at radius 1 is 1.44 bits per heavy atom. The maximum atomic E-state index is 11.8. The molecule has 1 aromatic carbocycles. The monoisotopic (exact) mass is 249 g/mol. The van der Waals surface area contributed by atoms with Crippen LogP contribution in [0.4, 0.5) is 0 Å². The first-order chi connectivity index (χ1) is 8.58. The first-order valence-electron chi connectivity index (χ1n) is 6.13. The van der Waals surface area contributed by atoms with Gasteiger partial charge in [-0.15, -0.1) is 0 Å². The molecule has 0 heterocycles. The zero-order valence-electron chi connectivity index (χ0n) is 10.8. The van der Waals surface area contributed by atoms with Gasteiger partial charge in [-0.1, -0.05) is 18.2 Å². The zero-order chi connectivity index (χ0) is 13.2. The number of aryl methyl sites for hydroxylation is 1. The van der Waals surface area contributed by atoms with Gasteiger partial charge in [0, 0.05) is 0 Å². The van der Waals surface area contributed by atoms with Gasteiger partial charge in [-0.25, -0.2) is 4.79 Å². The summed E-state index contributed by atoms with van der Waals surface area (Å²) in [6.07, 6.45) is 1.92. The summed E-state index contributed by atoms with van der Waals surface area (Å²) in [5, 5.41) is 0. The molecule has 1 unspecified atom stereocenters. The SMILES string of the molecule is COC(=O)C(N)(COc1ccccc1C)C1CC1. The molecule has 0 spiro atoms. The molecule has 0 bridgehead atoms. The fraction of sp³-hybridized carbons (Fsp3) is 0.500. The van der Waals surface area contributed by atoms with Crippen LogP contribution < -0.4 is 10.5 Å². The number of esters is 1. The molecule has 4 nitrogen and oxygen atoms in total. The lowest BCUT2D eigenvalue weighted by atomic mass is 9.96. The number of nitrogens with two attached hydrogens (primary N) is 1. The molecule has 2 rings (SSSR count). The van der Waals surface area contributed by atoms with Crippen LogP contribution >= 0.6 is 0 Å². The number of benzene rings is 1. The highest BCUT2D eigenvalue weighted by Gasteiger charge is 2.49. The Morgan fingerprint density at radius 2 is 2.11 bits per heavy atom. The second kappa shape index (κ2) is 4.98. The summed E-state index contributed by atoms with van der Waals surface area (Å²) < 4.78 is 10.5. The van der Waals surface area contributed by atoms with Crippen LogP contribution in [0.3, 0.4) is 0 Å². The molecule has 1 atom stereocenters. The fourth-order valence-corrected chi connectivity index (χ4v) is 2.05. The topological polar surface area (TPSA) is 61.5 Å². The minimum atomic E-state index is -1.02. The molecule has 98 valence electrons. The molecule has 1 fully saturated rings. The highest BCUT2D eigenvalue weighted by molar-refractivity contribution is 5.81. The molecular weight excluding hydrogens is 230 g/mol. The largest absolute Gasteiger partial charge is 0.491 e. The quantitative estimate of drug-likeness (QED) is 0.806. The van der Waals surface area contributed by atoms with Crippen molar-refractivity contribution in [3.8, 4) is 5.75 Å². The molecule has 1 aliphatic carbocycles. The van der Waals surface area contributed by atoms with Gasteiger partial charge < -0.3 is 15.2 Å². The highest BCUT2D eigenvalue weighted by Crippen LogP contribution is 2.39. The van der Waals surface area contributed by atoms with E-state index >= 15 is 0 Å². The Bertz CT molecular complexity index is 442. The van der Waals surface area contributed by atoms with E-state index in [0.717, 1.165) is 24.2 Å². The molecule has 0 aliphatic heterocycles. The van der Waals surface area contributed by atoms with E-state index in [9.17, 15) is 4.79 Å². The highest BCUT2D eigenvalue weighted by atomic mass is 16.5. The van der Waals surface area contributed by atoms with Crippen molar-refractivity contribution >= 4 is 5.97 Å². The number of carbonyl (C=O) groups is 1. The van der Waals surface area contributed by atoms with Crippen molar-refractivity contribution in [1.82, 2.24) is 0 Å². The van der Waals surface area contributed by atoms with Crippen LogP contribution in [0.5, 0.6) is 5.75 Å². The summed E-state index contributed by atoms with van der Waals surface area (Å²) in [5.74, 6) is 0.546. The van der Waals surface area contributed by atoms with Gasteiger partial charge in [0.1, 0.15) is 12.4 Å². The minimum absolute atomic E-state index is 0.162. The van der Waals surface area contributed by atoms with Gasteiger partial charge in [-0.3, -0.25) is 0 Å². The van der Waals surface area contributed by atoms with Gasteiger partial charge in [0.2, 0.25) is 0 Å². The van der Waals surface area contributed by atoms with Gasteiger partial charge in [0.05, 0.1) is 7.11 Å². The average molecular weight is 249 g/mol. The number of rotatable bonds is 5. The van der Waals surface area contributed by atoms with E-state index in [0.29, 0.717) is 0 Å². The lowest BCUT2D eigenvalue weighted by Crippen LogP contribution is -2.55. The summed E-state index contributed by atoms with van der Waals surface area (Å²) in [7, 11) is 1.36. The summed E-state index contributed by atoms with van der Waals surface area (Å²) in [4.78, 5) is 11.8. The maximum absolute atomic E-state index is 11.8. The molecule has 0 aromatic heterocycles. The van der Waals surface area contributed by atoms with E-state index in [2.05, 4.69) is 0 Å². The van der Waals surface area contributed by atoms with Crippen molar-refractivity contribution in [3.63, 3.8) is 0 Å². The van der Waals surface area contributed by atoms with Crippen LogP contribution in [0.25, 0.3) is 0 Å². The fourth-order valence-electron chi connectivity index (χ4n) is 2.05. The lowest BCUT2D eigenvalue weighted by Gasteiger charge is -2.26. The normalized spacial score (nSPS) is 17.9. The molecule has 1 aromatic rings. The molecule has 1 saturated carbocycles. The molecule has 2 N–H and O–H groups in total. The summed E-state index contributed by atoms with van der Waals surface area (Å²) in [5.41, 5.74) is 6.17. The smallest absolute Gasteiger partial charge is 0.329 e. The Labute approximate surface area is 107 Å². The summed E-state index contributed by atoms with van der Waals surface area (Å²) in [6.45, 7) is 2.12. The predicted octanol–water partition coefficient (Wildman–Crippen LogP) is 1.65. The van der Waals surface area contributed by atoms with Gasteiger partial charge in [-0.2, -0.15) is 0 Å². The number of para-hydroxylation sites is 1. The molecule has 18 heavy (non-hydrogen) atoms. The van der Waals surface area contributed by atoms with E-state index in [1.807, 2.05) is 31.2 Å². The van der Waals surface area contributed by atoms with Crippen LogP contribution in [0, 0.1) is 12.8 Å². The van der Waals surface area contributed by atoms with Gasteiger partial charge in [-0.05, 0) is 37.3 Å². The van der Waals surface area contributed by atoms with Gasteiger partial charge in [0.15, 0.2) is 5.54 Å². The standard InChI is InChI=1S/C14H19NO3/c1-10-5-3-4-6-12(10)18-9-14(15,11-7-8-11)13(16)17-2/h3-6,11H,7-9,15H2,1-2H3. The maximum Gasteiger partial charge on any atom is 0.329 e. The Morgan fingerprint density at radius 3 is 2.67 bits per heavy atom. The average Bonchev–Trinajstić information content (AvgIpc) is 3.21. The third-order valence-corrected chi connectivity index (χ3v) is 3.43. The van der Waals surface area contributed by atoms with E-state index in [-0.39, 0.29) is 12.5 Å². The van der Waals surface area contributed by atoms with Crippen molar-refractivity contribution in [2.75, 3.05) is 13.7 Å². The Balaban J connectivity index is 2.07. The van der Waals surface area contributed by atoms with Crippen LogP contribution in [-0.4, -0.2) is 25.2 Å². The molecule has 0 amide bonds. The Kier molecular flexibility index (Phi) is 3.57. The first-order valence-corrected chi connectivity index (χ1v) is 6.13. The number of hydrogen-bond donors (Lipinski definition) is 1. The zero-order valence-corrected chi connectivity index (χ0v) is 10.8. The molecule has 1 aliphatic rings. The Hall–Kier alpha value is -1.55. The minimum Gasteiger partial charge on any atom is -0.491 e. The number of ether oxygens (including phenoxy) is 2. The first kappa shape index (κ1) is 12.9. The van der Waals surface area contributed by atoms with Crippen molar-refractivity contribution in [3.05, 3.63) is 29.8 Å². The molecular formula is C14H19NO3. The number of carbonyl (C=O) groups excluding carboxylic acids is 1. The van der Waals surface area contributed by atoms with E-state index in [4.69, 9.17) is 15.2 Å². The molecule has 0 radical (unpaired) electrons. The van der Waals surface area contributed by atoms with E-state index < -0.39 is 11.5 Å². The van der Waals surface area contributed by atoms with Gasteiger partial charge >= 0.3 is 5.97 Å². The van der Waals surface area contributed by atoms with Crippen molar-refractivity contribution in [2.24, 2.45) is 11.7 Å². The van der Waals surface area contributed by atoms with Crippen LogP contribution in [0.15, 0.2) is 24.3 Å². The summed E-state index contributed by atoms with van der Waals surface area (Å²) >= 11 is 0. The van der Waals surface area contributed by atoms with Crippen molar-refractivity contribution in [1.29, 1.82) is 0 Å². The van der Waals surface area contributed by atoms with E-state index in [1.54, 1.807) is 0 Å². The number of methoxy groups -OCH3 is 1. The van der Waals surface area contributed by atoms with Crippen LogP contribution in [0.2, 0.25) is 0 Å². The van der Waals surface area contributed by atoms with Crippen molar-refractivity contribution in [2.45, 2.75) is 25.3 Å². The second-order valence-electron chi connectivity index (χ2n) is 4.86. The molecule has 4 heteroatoms. The molecule has 0 saturated heterocycles. The third kappa shape index (κ3) is 2.48. The third-order valence-electron chi connectivity index (χ3n) is 3.43. The second-order valence-corrected chi connectivity index (χ2v) is 4.86. The van der Waals surface area contributed by atoms with Crippen molar-refractivity contribution < 1.29 is 14.3 Å². The predicted molar refractivity (Wildman–Crippen MR) is 68.3 cm³/mol.